The van der Waals surface area contributed by atoms with Gasteiger partial charge in [0.1, 0.15) is 0 Å². The minimum Gasteiger partial charge on any atom is -0.222 e. The second kappa shape index (κ2) is 5.09. The zero-order chi connectivity index (χ0) is 12.6. The maximum Gasteiger partial charge on any atom is 0.199 e. The van der Waals surface area contributed by atoms with Crippen LogP contribution in [0.5, 0.6) is 0 Å². The highest BCUT2D eigenvalue weighted by molar-refractivity contribution is 14.2. The summed E-state index contributed by atoms with van der Waals surface area (Å²) in [5.74, 6) is 0. The van der Waals surface area contributed by atoms with E-state index in [9.17, 15) is 8.42 Å². The van der Waals surface area contributed by atoms with Gasteiger partial charge in [-0.25, -0.2) is 8.42 Å². The Labute approximate surface area is 124 Å². The van der Waals surface area contributed by atoms with Crippen molar-refractivity contribution in [3.8, 4) is 0 Å². The smallest absolute Gasteiger partial charge is 0.199 e. The molecule has 1 aromatic carbocycles. The fourth-order valence-electron chi connectivity index (χ4n) is 1.25. The molecule has 0 atom stereocenters. The molecule has 0 fully saturated rings. The van der Waals surface area contributed by atoms with Crippen LogP contribution in [0.4, 0.5) is 0 Å². The molecule has 0 spiro atoms. The van der Waals surface area contributed by atoms with Crippen molar-refractivity contribution in [3.05, 3.63) is 29.8 Å². The highest BCUT2D eigenvalue weighted by Crippen LogP contribution is 2.28. The molecule has 0 aliphatic heterocycles. The van der Waals surface area contributed by atoms with Crippen LogP contribution in [0.15, 0.2) is 29.2 Å². The summed E-state index contributed by atoms with van der Waals surface area (Å²) in [5, 5.41) is 0. The molecule has 0 radical (unpaired) electrons. The fourth-order valence-corrected chi connectivity index (χ4v) is 3.73. The number of benzene rings is 1. The van der Waals surface area contributed by atoms with Gasteiger partial charge < -0.3 is 0 Å². The maximum absolute atomic E-state index is 11.9. The molecule has 0 amide bonds. The second-order valence-corrected chi connectivity index (χ2v) is 13.2. The fraction of sp³-hybridized carbons (Fsp3) is 0.455. The molecule has 90 valence electrons. The third-order valence-electron chi connectivity index (χ3n) is 2.28. The zero-order valence-electron chi connectivity index (χ0n) is 9.37. The molecule has 0 unspecified atom stereocenters. The normalized spacial score (nSPS) is 13.1. The second-order valence-electron chi connectivity index (χ2n) is 4.58. The first kappa shape index (κ1) is 14.7. The first-order valence-corrected chi connectivity index (χ1v) is 8.82. The Morgan fingerprint density at radius 1 is 1.06 bits per heavy atom. The Morgan fingerprint density at radius 3 is 1.81 bits per heavy atom. The predicted octanol–water partition coefficient (Wildman–Crippen LogP) is 3.91. The molecule has 0 aromatic heterocycles. The first-order valence-electron chi connectivity index (χ1n) is 4.78. The highest BCUT2D eigenvalue weighted by Gasteiger charge is 2.22. The van der Waals surface area contributed by atoms with Gasteiger partial charge >= 0.3 is 0 Å². The lowest BCUT2D eigenvalue weighted by Crippen LogP contribution is -2.12. The van der Waals surface area contributed by atoms with E-state index in [-0.39, 0.29) is 5.41 Å². The van der Waals surface area contributed by atoms with Crippen LogP contribution in [0.2, 0.25) is 0 Å². The predicted molar refractivity (Wildman–Crippen MR) is 84.2 cm³/mol. The van der Waals surface area contributed by atoms with Gasteiger partial charge in [-0.05, 0) is 23.1 Å². The van der Waals surface area contributed by atoms with E-state index in [1.807, 2.05) is 57.3 Å². The molecule has 0 saturated carbocycles. The van der Waals surface area contributed by atoms with Crippen LogP contribution < -0.4 is 0 Å². The van der Waals surface area contributed by atoms with Gasteiger partial charge in [0.25, 0.3) is 0 Å². The van der Waals surface area contributed by atoms with Crippen molar-refractivity contribution in [1.29, 1.82) is 0 Å². The Morgan fingerprint density at radius 2 is 1.50 bits per heavy atom. The van der Waals surface area contributed by atoms with Crippen LogP contribution >= 0.6 is 45.2 Å². The number of hydrogen-bond acceptors (Lipinski definition) is 2. The summed E-state index contributed by atoms with van der Waals surface area (Å²) < 4.78 is 23.3. The van der Waals surface area contributed by atoms with Crippen LogP contribution in [-0.2, 0) is 15.3 Å². The van der Waals surface area contributed by atoms with Crippen LogP contribution in [0.25, 0.3) is 0 Å². The van der Waals surface area contributed by atoms with Crippen molar-refractivity contribution in [2.24, 2.45) is 0 Å². The average Bonchev–Trinajstić information content (AvgIpc) is 2.16. The molecule has 0 bridgehead atoms. The Bertz CT molecular complexity index is 456. The number of rotatable bonds is 2. The molecule has 0 heterocycles. The SMILES string of the molecule is CC(C)(C)c1ccc(S(=O)(=O)C(I)I)cc1. The van der Waals surface area contributed by atoms with E-state index in [4.69, 9.17) is 0 Å². The molecule has 16 heavy (non-hydrogen) atoms. The average molecular weight is 464 g/mol. The van der Waals surface area contributed by atoms with Crippen molar-refractivity contribution in [3.63, 3.8) is 0 Å². The van der Waals surface area contributed by atoms with Crippen molar-refractivity contribution < 1.29 is 8.42 Å². The first-order chi connectivity index (χ1) is 7.15. The van der Waals surface area contributed by atoms with Crippen LogP contribution in [0.1, 0.15) is 26.3 Å². The summed E-state index contributed by atoms with van der Waals surface area (Å²) in [4.78, 5) is 0.398. The van der Waals surface area contributed by atoms with Gasteiger partial charge in [0, 0.05) is 0 Å². The van der Waals surface area contributed by atoms with Crippen molar-refractivity contribution in [2.45, 2.75) is 32.3 Å². The van der Waals surface area contributed by atoms with Gasteiger partial charge in [-0.3, -0.25) is 0 Å². The highest BCUT2D eigenvalue weighted by atomic mass is 127. The third kappa shape index (κ3) is 3.32. The van der Waals surface area contributed by atoms with Crippen LogP contribution in [0, 0.1) is 0 Å². The largest absolute Gasteiger partial charge is 0.222 e. The van der Waals surface area contributed by atoms with Crippen LogP contribution in [0.3, 0.4) is 0 Å². The molecular weight excluding hydrogens is 450 g/mol. The van der Waals surface area contributed by atoms with Crippen molar-refractivity contribution >= 4 is 55.0 Å². The lowest BCUT2D eigenvalue weighted by atomic mass is 9.87. The topological polar surface area (TPSA) is 34.1 Å². The minimum atomic E-state index is -3.17. The van der Waals surface area contributed by atoms with Gasteiger partial charge in [-0.1, -0.05) is 78.1 Å². The summed E-state index contributed by atoms with van der Waals surface area (Å²) in [6, 6.07) is 7.17. The summed E-state index contributed by atoms with van der Waals surface area (Å²) in [7, 11) is -3.17. The molecule has 0 saturated heterocycles. The maximum atomic E-state index is 11.9. The molecular formula is C11H14I2O2S. The van der Waals surface area contributed by atoms with E-state index in [1.54, 1.807) is 12.1 Å². The van der Waals surface area contributed by atoms with Crippen molar-refractivity contribution in [1.82, 2.24) is 0 Å². The van der Waals surface area contributed by atoms with Crippen LogP contribution in [-0.4, -0.2) is 9.68 Å². The Kier molecular flexibility index (Phi) is 4.68. The number of sulfone groups is 1. The zero-order valence-corrected chi connectivity index (χ0v) is 14.5. The van der Waals surface area contributed by atoms with E-state index >= 15 is 0 Å². The molecule has 0 aliphatic carbocycles. The lowest BCUT2D eigenvalue weighted by Gasteiger charge is -2.19. The lowest BCUT2D eigenvalue weighted by molar-refractivity contribution is 0.587. The summed E-state index contributed by atoms with van der Waals surface area (Å²) in [5.41, 5.74) is 1.20. The summed E-state index contributed by atoms with van der Waals surface area (Å²) in [6.07, 6.45) is 0. The number of hydrogen-bond donors (Lipinski definition) is 0. The molecule has 5 heteroatoms. The van der Waals surface area contributed by atoms with E-state index in [0.717, 1.165) is 5.56 Å². The molecule has 1 aromatic rings. The summed E-state index contributed by atoms with van der Waals surface area (Å²) >= 11 is 3.82. The quantitative estimate of drug-likeness (QED) is 0.492. The van der Waals surface area contributed by atoms with Gasteiger partial charge in [0.05, 0.1) is 4.90 Å². The van der Waals surface area contributed by atoms with E-state index < -0.39 is 11.1 Å². The monoisotopic (exact) mass is 464 g/mol. The number of halogens is 2. The molecule has 0 aliphatic rings. The van der Waals surface area contributed by atoms with E-state index in [0.29, 0.717) is 4.90 Å². The van der Waals surface area contributed by atoms with Crippen molar-refractivity contribution in [2.75, 3.05) is 0 Å². The molecule has 2 nitrogen and oxygen atoms in total. The summed E-state index contributed by atoms with van der Waals surface area (Å²) in [6.45, 7) is 6.32. The van der Waals surface area contributed by atoms with Gasteiger partial charge in [0.15, 0.2) is 11.1 Å². The Hall–Kier alpha value is 0.630. The molecule has 0 N–H and O–H groups in total. The van der Waals surface area contributed by atoms with E-state index in [1.165, 1.54) is 0 Å². The molecule has 1 rings (SSSR count). The number of alkyl halides is 2. The van der Waals surface area contributed by atoms with Gasteiger partial charge in [0.2, 0.25) is 0 Å². The van der Waals surface area contributed by atoms with Gasteiger partial charge in [-0.2, -0.15) is 0 Å². The minimum absolute atomic E-state index is 0.0519. The standard InChI is InChI=1S/C11H14I2O2S/c1-11(2,3)8-4-6-9(7-5-8)16(14,15)10(12)13/h4-7,10H,1-3H3. The third-order valence-corrected chi connectivity index (χ3v) is 7.70. The van der Waals surface area contributed by atoms with E-state index in [2.05, 4.69) is 20.8 Å². The Balaban J connectivity index is 3.15. The van der Waals surface area contributed by atoms with Gasteiger partial charge in [-0.15, -0.1) is 0 Å².